The van der Waals surface area contributed by atoms with Gasteiger partial charge in [-0.15, -0.1) is 0 Å². The molecular weight excluding hydrogens is 174 g/mol. The summed E-state index contributed by atoms with van der Waals surface area (Å²) in [6.07, 6.45) is 2.47. The zero-order valence-corrected chi connectivity index (χ0v) is 7.15. The van der Waals surface area contributed by atoms with E-state index >= 15 is 0 Å². The molecule has 1 rings (SSSR count). The van der Waals surface area contributed by atoms with Gasteiger partial charge in [-0.3, -0.25) is 4.79 Å². The molecule has 72 valence electrons. The van der Waals surface area contributed by atoms with Gasteiger partial charge in [0.25, 0.3) is 0 Å². The summed E-state index contributed by atoms with van der Waals surface area (Å²) in [5, 5.41) is 17.5. The largest absolute Gasteiger partial charge is 0.481 e. The highest BCUT2D eigenvalue weighted by atomic mass is 16.4. The van der Waals surface area contributed by atoms with Gasteiger partial charge in [0.15, 0.2) is 0 Å². The molecule has 0 saturated heterocycles. The summed E-state index contributed by atoms with van der Waals surface area (Å²) in [7, 11) is 0. The van der Waals surface area contributed by atoms with Gasteiger partial charge in [-0.25, -0.2) is 4.79 Å². The van der Waals surface area contributed by atoms with Crippen molar-refractivity contribution in [3.8, 4) is 0 Å². The van der Waals surface area contributed by atoms with Crippen LogP contribution in [0.2, 0.25) is 0 Å². The minimum Gasteiger partial charge on any atom is -0.481 e. The monoisotopic (exact) mass is 185 g/mol. The van der Waals surface area contributed by atoms with E-state index in [2.05, 4.69) is 0 Å². The molecule has 0 unspecified atom stereocenters. The van der Waals surface area contributed by atoms with E-state index in [0.717, 1.165) is 0 Å². The highest BCUT2D eigenvalue weighted by Gasteiger charge is 2.47. The van der Waals surface area contributed by atoms with Crippen LogP contribution in [0.25, 0.3) is 0 Å². The number of carbonyl (C=O) groups is 2. The summed E-state index contributed by atoms with van der Waals surface area (Å²) >= 11 is 0. The van der Waals surface area contributed by atoms with Crippen LogP contribution in [0.3, 0.4) is 0 Å². The predicted octanol–water partition coefficient (Wildman–Crippen LogP) is -0.181. The van der Waals surface area contributed by atoms with Gasteiger partial charge in [-0.2, -0.15) is 0 Å². The number of carboxylic acid groups (broad SMARTS) is 2. The van der Waals surface area contributed by atoms with E-state index in [1.54, 1.807) is 0 Å². The van der Waals surface area contributed by atoms with Crippen molar-refractivity contribution in [3.63, 3.8) is 0 Å². The van der Waals surface area contributed by atoms with Crippen LogP contribution in [0.15, 0.2) is 12.2 Å². The molecule has 0 aliphatic heterocycles. The topological polar surface area (TPSA) is 101 Å². The van der Waals surface area contributed by atoms with E-state index in [1.165, 1.54) is 19.1 Å². The van der Waals surface area contributed by atoms with Crippen molar-refractivity contribution in [2.24, 2.45) is 11.1 Å². The minimum atomic E-state index is -1.53. The lowest BCUT2D eigenvalue weighted by atomic mass is 9.85. The van der Waals surface area contributed by atoms with Crippen LogP contribution in [-0.2, 0) is 9.59 Å². The third kappa shape index (κ3) is 1.42. The van der Waals surface area contributed by atoms with Gasteiger partial charge in [0.1, 0.15) is 5.54 Å². The zero-order valence-electron chi connectivity index (χ0n) is 7.15. The lowest BCUT2D eigenvalue weighted by Crippen LogP contribution is -2.47. The van der Waals surface area contributed by atoms with Crippen LogP contribution in [0, 0.1) is 5.41 Å². The first kappa shape index (κ1) is 9.73. The van der Waals surface area contributed by atoms with E-state index < -0.39 is 22.9 Å². The SMILES string of the molecule is C[C@]1(C(=O)O)C=C[C@@](N)(C(=O)O)C1. The van der Waals surface area contributed by atoms with Crippen LogP contribution >= 0.6 is 0 Å². The Balaban J connectivity index is 2.94. The Hall–Kier alpha value is -1.36. The molecule has 1 aliphatic carbocycles. The normalized spacial score (nSPS) is 37.7. The molecule has 2 atom stereocenters. The molecule has 4 N–H and O–H groups in total. The van der Waals surface area contributed by atoms with Crippen LogP contribution in [-0.4, -0.2) is 27.7 Å². The molecule has 0 saturated carbocycles. The Morgan fingerprint density at radius 2 is 1.85 bits per heavy atom. The van der Waals surface area contributed by atoms with Crippen LogP contribution < -0.4 is 5.73 Å². The molecule has 0 aromatic heterocycles. The van der Waals surface area contributed by atoms with Crippen molar-refractivity contribution < 1.29 is 19.8 Å². The van der Waals surface area contributed by atoms with Gasteiger partial charge in [0.05, 0.1) is 5.41 Å². The molecule has 13 heavy (non-hydrogen) atoms. The molecule has 0 fully saturated rings. The quantitative estimate of drug-likeness (QED) is 0.518. The third-order valence-corrected chi connectivity index (χ3v) is 2.30. The number of hydrogen-bond acceptors (Lipinski definition) is 3. The summed E-state index contributed by atoms with van der Waals surface area (Å²) in [6, 6.07) is 0. The molecule has 0 radical (unpaired) electrons. The van der Waals surface area contributed by atoms with Gasteiger partial charge >= 0.3 is 11.9 Å². The molecule has 0 bridgehead atoms. The van der Waals surface area contributed by atoms with Crippen molar-refractivity contribution >= 4 is 11.9 Å². The molecule has 0 aromatic carbocycles. The van der Waals surface area contributed by atoms with E-state index in [9.17, 15) is 9.59 Å². The van der Waals surface area contributed by atoms with Gasteiger partial charge < -0.3 is 15.9 Å². The molecule has 1 aliphatic rings. The molecule has 5 heteroatoms. The van der Waals surface area contributed by atoms with Crippen molar-refractivity contribution in [1.82, 2.24) is 0 Å². The van der Waals surface area contributed by atoms with Gasteiger partial charge in [-0.1, -0.05) is 12.2 Å². The average molecular weight is 185 g/mol. The van der Waals surface area contributed by atoms with E-state index in [1.807, 2.05) is 0 Å². The Labute approximate surface area is 74.8 Å². The van der Waals surface area contributed by atoms with Crippen molar-refractivity contribution in [2.45, 2.75) is 18.9 Å². The Morgan fingerprint density at radius 3 is 2.08 bits per heavy atom. The maximum absolute atomic E-state index is 10.7. The van der Waals surface area contributed by atoms with Crippen molar-refractivity contribution in [3.05, 3.63) is 12.2 Å². The lowest BCUT2D eigenvalue weighted by Gasteiger charge is -2.22. The Kier molecular flexibility index (Phi) is 1.92. The van der Waals surface area contributed by atoms with Crippen LogP contribution in [0.4, 0.5) is 0 Å². The van der Waals surface area contributed by atoms with E-state index in [0.29, 0.717) is 0 Å². The van der Waals surface area contributed by atoms with E-state index in [-0.39, 0.29) is 6.42 Å². The summed E-state index contributed by atoms with van der Waals surface area (Å²) in [6.45, 7) is 1.45. The van der Waals surface area contributed by atoms with Crippen LogP contribution in [0.5, 0.6) is 0 Å². The number of aliphatic carboxylic acids is 2. The Morgan fingerprint density at radius 1 is 1.31 bits per heavy atom. The summed E-state index contributed by atoms with van der Waals surface area (Å²) in [4.78, 5) is 21.4. The fourth-order valence-corrected chi connectivity index (χ4v) is 1.35. The number of hydrogen-bond donors (Lipinski definition) is 3. The van der Waals surface area contributed by atoms with Gasteiger partial charge in [-0.05, 0) is 13.3 Å². The summed E-state index contributed by atoms with van der Waals surface area (Å²) in [5.41, 5.74) is 2.77. The van der Waals surface area contributed by atoms with Gasteiger partial charge in [0, 0.05) is 0 Å². The highest BCUT2D eigenvalue weighted by Crippen LogP contribution is 2.36. The lowest BCUT2D eigenvalue weighted by molar-refractivity contribution is -0.147. The maximum atomic E-state index is 10.7. The zero-order chi connectivity index (χ0) is 10.3. The smallest absolute Gasteiger partial charge is 0.327 e. The van der Waals surface area contributed by atoms with E-state index in [4.69, 9.17) is 15.9 Å². The molecule has 0 amide bonds. The minimum absolute atomic E-state index is 0.106. The molecule has 0 aromatic rings. The fraction of sp³-hybridized carbons (Fsp3) is 0.500. The first-order valence-corrected chi connectivity index (χ1v) is 3.76. The first-order chi connectivity index (χ1) is 5.80. The third-order valence-electron chi connectivity index (χ3n) is 2.30. The molecule has 0 spiro atoms. The second kappa shape index (κ2) is 2.56. The number of nitrogens with two attached hydrogens (primary N) is 1. The summed E-state index contributed by atoms with van der Waals surface area (Å²) in [5.74, 6) is -2.26. The van der Waals surface area contributed by atoms with Crippen molar-refractivity contribution in [1.29, 1.82) is 0 Å². The maximum Gasteiger partial charge on any atom is 0.327 e. The average Bonchev–Trinajstić information content (AvgIpc) is 2.30. The highest BCUT2D eigenvalue weighted by molar-refractivity contribution is 5.86. The first-order valence-electron chi connectivity index (χ1n) is 3.76. The van der Waals surface area contributed by atoms with Crippen LogP contribution in [0.1, 0.15) is 13.3 Å². The fourth-order valence-electron chi connectivity index (χ4n) is 1.35. The number of rotatable bonds is 2. The summed E-state index contributed by atoms with van der Waals surface area (Å²) < 4.78 is 0. The van der Waals surface area contributed by atoms with Crippen molar-refractivity contribution in [2.75, 3.05) is 0 Å². The predicted molar refractivity (Wildman–Crippen MR) is 44.1 cm³/mol. The standard InChI is InChI=1S/C8H11NO4/c1-7(5(10)11)2-3-8(9,4-7)6(12)13/h2-3H,4,9H2,1H3,(H,10,11)(H,12,13)/t7-,8-/m0/s1. The second-order valence-corrected chi connectivity index (χ2v) is 3.58. The number of carboxylic acids is 2. The van der Waals surface area contributed by atoms with Gasteiger partial charge in [0.2, 0.25) is 0 Å². The Bertz CT molecular complexity index is 271. The second-order valence-electron chi connectivity index (χ2n) is 3.58. The molecular formula is C8H11NO4. The molecule has 0 heterocycles. The molecule has 5 nitrogen and oxygen atoms in total.